The zero-order valence-corrected chi connectivity index (χ0v) is 13.5. The molecule has 1 fully saturated rings. The van der Waals surface area contributed by atoms with E-state index in [0.29, 0.717) is 24.7 Å². The Balaban J connectivity index is 1.84. The van der Waals surface area contributed by atoms with Crippen molar-refractivity contribution in [1.82, 2.24) is 10.1 Å². The van der Waals surface area contributed by atoms with E-state index in [-0.39, 0.29) is 18.0 Å². The van der Waals surface area contributed by atoms with Gasteiger partial charge in [-0.25, -0.2) is 0 Å². The topological polar surface area (TPSA) is 64.8 Å². The minimum Gasteiger partial charge on any atom is -0.497 e. The van der Waals surface area contributed by atoms with Gasteiger partial charge in [-0.15, -0.1) is 0 Å². The third kappa shape index (κ3) is 3.07. The SMILES string of the molecule is COc1cccc(-c2cc(C(=O)N3C(C)COCC3C)no2)c1. The molecule has 0 aliphatic carbocycles. The molecule has 0 radical (unpaired) electrons. The third-order valence-electron chi connectivity index (χ3n) is 3.99. The van der Waals surface area contributed by atoms with Gasteiger partial charge in [0.25, 0.3) is 5.91 Å². The molecular weight excluding hydrogens is 296 g/mol. The Kier molecular flexibility index (Phi) is 4.34. The Hall–Kier alpha value is -2.34. The first-order chi connectivity index (χ1) is 11.1. The van der Waals surface area contributed by atoms with Crippen molar-refractivity contribution in [3.8, 4) is 17.1 Å². The molecule has 2 heterocycles. The highest BCUT2D eigenvalue weighted by atomic mass is 16.5. The van der Waals surface area contributed by atoms with Crippen LogP contribution in [0.4, 0.5) is 0 Å². The number of amides is 1. The van der Waals surface area contributed by atoms with Gasteiger partial charge < -0.3 is 18.9 Å². The lowest BCUT2D eigenvalue weighted by Crippen LogP contribution is -2.52. The van der Waals surface area contributed by atoms with E-state index in [4.69, 9.17) is 14.0 Å². The van der Waals surface area contributed by atoms with Crippen molar-refractivity contribution in [2.45, 2.75) is 25.9 Å². The first-order valence-corrected chi connectivity index (χ1v) is 7.61. The third-order valence-corrected chi connectivity index (χ3v) is 3.99. The minimum absolute atomic E-state index is 0.0169. The number of methoxy groups -OCH3 is 1. The summed E-state index contributed by atoms with van der Waals surface area (Å²) in [6, 6.07) is 9.15. The van der Waals surface area contributed by atoms with Gasteiger partial charge in [-0.2, -0.15) is 0 Å². The number of rotatable bonds is 3. The van der Waals surface area contributed by atoms with Gasteiger partial charge in [0.2, 0.25) is 0 Å². The molecule has 2 atom stereocenters. The fraction of sp³-hybridized carbons (Fsp3) is 0.412. The zero-order valence-electron chi connectivity index (χ0n) is 13.5. The second-order valence-corrected chi connectivity index (χ2v) is 5.76. The molecule has 6 heteroatoms. The molecule has 2 unspecified atom stereocenters. The van der Waals surface area contributed by atoms with Crippen molar-refractivity contribution in [3.05, 3.63) is 36.0 Å². The monoisotopic (exact) mass is 316 g/mol. The standard InChI is InChI=1S/C17H20N2O4/c1-11-9-22-10-12(2)19(11)17(20)15-8-16(23-18-15)13-5-4-6-14(7-13)21-3/h4-8,11-12H,9-10H2,1-3H3. The van der Waals surface area contributed by atoms with Crippen molar-refractivity contribution in [2.75, 3.05) is 20.3 Å². The molecule has 122 valence electrons. The average molecular weight is 316 g/mol. The highest BCUT2D eigenvalue weighted by molar-refractivity contribution is 5.93. The van der Waals surface area contributed by atoms with Crippen LogP contribution in [-0.2, 0) is 4.74 Å². The molecule has 0 N–H and O–H groups in total. The number of nitrogens with zero attached hydrogens (tertiary/aromatic N) is 2. The number of aromatic nitrogens is 1. The number of hydrogen-bond acceptors (Lipinski definition) is 5. The fourth-order valence-electron chi connectivity index (χ4n) is 2.83. The van der Waals surface area contributed by atoms with Crippen LogP contribution in [0.3, 0.4) is 0 Å². The molecule has 1 aromatic heterocycles. The maximum atomic E-state index is 12.7. The smallest absolute Gasteiger partial charge is 0.276 e. The van der Waals surface area contributed by atoms with Crippen molar-refractivity contribution in [2.24, 2.45) is 0 Å². The molecule has 3 rings (SSSR count). The molecule has 1 amide bonds. The molecule has 1 aliphatic rings. The average Bonchev–Trinajstić information content (AvgIpc) is 3.04. The second-order valence-electron chi connectivity index (χ2n) is 5.76. The lowest BCUT2D eigenvalue weighted by atomic mass is 10.1. The van der Waals surface area contributed by atoms with Gasteiger partial charge in [0, 0.05) is 11.6 Å². The van der Waals surface area contributed by atoms with E-state index < -0.39 is 0 Å². The van der Waals surface area contributed by atoms with Crippen molar-refractivity contribution in [3.63, 3.8) is 0 Å². The molecule has 1 aliphatic heterocycles. The lowest BCUT2D eigenvalue weighted by molar-refractivity contribution is -0.0253. The van der Waals surface area contributed by atoms with Crippen LogP contribution in [0, 0.1) is 0 Å². The Labute approximate surface area is 135 Å². The summed E-state index contributed by atoms with van der Waals surface area (Å²) in [5, 5.41) is 3.94. The van der Waals surface area contributed by atoms with Crippen LogP contribution >= 0.6 is 0 Å². The second kappa shape index (κ2) is 6.42. The predicted octanol–water partition coefficient (Wildman–Crippen LogP) is 2.60. The quantitative estimate of drug-likeness (QED) is 0.871. The first-order valence-electron chi connectivity index (χ1n) is 7.61. The van der Waals surface area contributed by atoms with Crippen molar-refractivity contribution >= 4 is 5.91 Å². The predicted molar refractivity (Wildman–Crippen MR) is 84.4 cm³/mol. The number of carbonyl (C=O) groups is 1. The first kappa shape index (κ1) is 15.6. The van der Waals surface area contributed by atoms with E-state index in [2.05, 4.69) is 5.16 Å². The van der Waals surface area contributed by atoms with Gasteiger partial charge in [0.15, 0.2) is 11.5 Å². The van der Waals surface area contributed by atoms with Crippen LogP contribution in [0.2, 0.25) is 0 Å². The summed E-state index contributed by atoms with van der Waals surface area (Å²) in [5.74, 6) is 1.13. The van der Waals surface area contributed by atoms with E-state index in [9.17, 15) is 4.79 Å². The van der Waals surface area contributed by atoms with Crippen LogP contribution in [0.15, 0.2) is 34.9 Å². The van der Waals surface area contributed by atoms with E-state index in [1.54, 1.807) is 18.1 Å². The lowest BCUT2D eigenvalue weighted by Gasteiger charge is -2.38. The van der Waals surface area contributed by atoms with Crippen LogP contribution in [-0.4, -0.2) is 48.4 Å². The summed E-state index contributed by atoms with van der Waals surface area (Å²) in [6.45, 7) is 5.01. The molecule has 2 aromatic rings. The summed E-state index contributed by atoms with van der Waals surface area (Å²) in [5.41, 5.74) is 1.13. The van der Waals surface area contributed by atoms with Gasteiger partial charge in [-0.1, -0.05) is 17.3 Å². The molecule has 0 spiro atoms. The van der Waals surface area contributed by atoms with Gasteiger partial charge >= 0.3 is 0 Å². The Morgan fingerprint density at radius 1 is 1.26 bits per heavy atom. The van der Waals surface area contributed by atoms with E-state index in [1.165, 1.54) is 0 Å². The van der Waals surface area contributed by atoms with Crippen LogP contribution in [0.25, 0.3) is 11.3 Å². The fourth-order valence-corrected chi connectivity index (χ4v) is 2.83. The van der Waals surface area contributed by atoms with Crippen molar-refractivity contribution in [1.29, 1.82) is 0 Å². The van der Waals surface area contributed by atoms with Gasteiger partial charge in [0.1, 0.15) is 5.75 Å². The van der Waals surface area contributed by atoms with Gasteiger partial charge in [-0.05, 0) is 26.0 Å². The van der Waals surface area contributed by atoms with Crippen LogP contribution < -0.4 is 4.74 Å². The Morgan fingerprint density at radius 2 is 2.00 bits per heavy atom. The van der Waals surface area contributed by atoms with Gasteiger partial charge in [-0.3, -0.25) is 4.79 Å². The van der Waals surface area contributed by atoms with Crippen molar-refractivity contribution < 1.29 is 18.8 Å². The molecule has 0 bridgehead atoms. The highest BCUT2D eigenvalue weighted by Crippen LogP contribution is 2.25. The van der Waals surface area contributed by atoms with Crippen LogP contribution in [0.5, 0.6) is 5.75 Å². The molecular formula is C17H20N2O4. The molecule has 1 saturated heterocycles. The summed E-state index contributed by atoms with van der Waals surface area (Å²) < 4.78 is 16.0. The number of benzene rings is 1. The maximum absolute atomic E-state index is 12.7. The Bertz CT molecular complexity index is 687. The molecule has 6 nitrogen and oxygen atoms in total. The summed E-state index contributed by atoms with van der Waals surface area (Å²) in [4.78, 5) is 14.5. The number of carbonyl (C=O) groups excluding carboxylic acids is 1. The molecule has 23 heavy (non-hydrogen) atoms. The number of ether oxygens (including phenoxy) is 2. The number of hydrogen-bond donors (Lipinski definition) is 0. The highest BCUT2D eigenvalue weighted by Gasteiger charge is 2.32. The summed E-state index contributed by atoms with van der Waals surface area (Å²) >= 11 is 0. The normalized spacial score (nSPS) is 21.3. The summed E-state index contributed by atoms with van der Waals surface area (Å²) in [7, 11) is 1.61. The van der Waals surface area contributed by atoms with E-state index in [0.717, 1.165) is 11.3 Å². The maximum Gasteiger partial charge on any atom is 0.276 e. The Morgan fingerprint density at radius 3 is 2.70 bits per heavy atom. The van der Waals surface area contributed by atoms with E-state index in [1.807, 2.05) is 38.1 Å². The van der Waals surface area contributed by atoms with Crippen LogP contribution in [0.1, 0.15) is 24.3 Å². The number of morpholine rings is 1. The summed E-state index contributed by atoms with van der Waals surface area (Å²) in [6.07, 6.45) is 0. The van der Waals surface area contributed by atoms with E-state index >= 15 is 0 Å². The molecule has 0 saturated carbocycles. The van der Waals surface area contributed by atoms with Gasteiger partial charge in [0.05, 0.1) is 32.4 Å². The molecule has 1 aromatic carbocycles. The zero-order chi connectivity index (χ0) is 16.4. The largest absolute Gasteiger partial charge is 0.497 e. The minimum atomic E-state index is -0.133.